The molecule has 20 heavy (non-hydrogen) atoms. The highest BCUT2D eigenvalue weighted by molar-refractivity contribution is 5.99. The number of nitrogens with one attached hydrogen (secondary N) is 3. The Labute approximate surface area is 119 Å². The van der Waals surface area contributed by atoms with Gasteiger partial charge in [0.25, 0.3) is 5.91 Å². The van der Waals surface area contributed by atoms with Crippen LogP contribution in [0.1, 0.15) is 37.6 Å². The van der Waals surface area contributed by atoms with Crippen molar-refractivity contribution in [3.63, 3.8) is 0 Å². The molecule has 0 radical (unpaired) electrons. The first-order chi connectivity index (χ1) is 9.33. The van der Waals surface area contributed by atoms with Gasteiger partial charge in [0.2, 0.25) is 5.91 Å². The normalized spacial score (nSPS) is 10.8. The minimum atomic E-state index is -0.260. The summed E-state index contributed by atoms with van der Waals surface area (Å²) in [7, 11) is 1.74. The van der Waals surface area contributed by atoms with Crippen LogP contribution in [0.3, 0.4) is 0 Å². The van der Waals surface area contributed by atoms with E-state index in [0.29, 0.717) is 17.8 Å². The van der Waals surface area contributed by atoms with Gasteiger partial charge in [-0.25, -0.2) is 0 Å². The van der Waals surface area contributed by atoms with Crippen molar-refractivity contribution in [1.82, 2.24) is 15.6 Å². The van der Waals surface area contributed by atoms with Gasteiger partial charge in [0.05, 0.1) is 5.56 Å². The van der Waals surface area contributed by atoms with E-state index in [0.717, 1.165) is 0 Å². The zero-order valence-electron chi connectivity index (χ0n) is 12.4. The van der Waals surface area contributed by atoms with Crippen molar-refractivity contribution >= 4 is 17.5 Å². The average molecular weight is 278 g/mol. The summed E-state index contributed by atoms with van der Waals surface area (Å²) in [4.78, 5) is 27.5. The standard InChI is InChI=1S/C14H22N4O2/c1-14(2,3)18-12(19)6-8-17-13(20)10-9-16-7-5-11(10)15-4/h5,7,9H,6,8H2,1-4H3,(H,15,16)(H,17,20)(H,18,19). The highest BCUT2D eigenvalue weighted by Gasteiger charge is 2.14. The lowest BCUT2D eigenvalue weighted by Crippen LogP contribution is -2.42. The molecule has 1 heterocycles. The summed E-state index contributed by atoms with van der Waals surface area (Å²) in [6, 6.07) is 1.72. The van der Waals surface area contributed by atoms with Gasteiger partial charge in [-0.15, -0.1) is 0 Å². The Morgan fingerprint density at radius 3 is 2.60 bits per heavy atom. The van der Waals surface area contributed by atoms with E-state index in [-0.39, 0.29) is 23.8 Å². The summed E-state index contributed by atoms with van der Waals surface area (Å²) >= 11 is 0. The van der Waals surface area contributed by atoms with E-state index >= 15 is 0 Å². The fraction of sp³-hybridized carbons (Fsp3) is 0.500. The lowest BCUT2D eigenvalue weighted by atomic mass is 10.1. The van der Waals surface area contributed by atoms with E-state index in [1.807, 2.05) is 20.8 Å². The number of rotatable bonds is 5. The van der Waals surface area contributed by atoms with Gasteiger partial charge in [-0.2, -0.15) is 0 Å². The number of carbonyl (C=O) groups is 2. The summed E-state index contributed by atoms with van der Waals surface area (Å²) in [6.45, 7) is 6.04. The third kappa shape index (κ3) is 5.26. The Bertz CT molecular complexity index is 480. The number of hydrogen-bond acceptors (Lipinski definition) is 4. The SMILES string of the molecule is CNc1ccncc1C(=O)NCCC(=O)NC(C)(C)C. The molecule has 0 atom stereocenters. The van der Waals surface area contributed by atoms with Crippen LogP contribution in [0.15, 0.2) is 18.5 Å². The fourth-order valence-electron chi connectivity index (χ4n) is 1.66. The monoisotopic (exact) mass is 278 g/mol. The van der Waals surface area contributed by atoms with Gasteiger partial charge >= 0.3 is 0 Å². The maximum atomic E-state index is 12.0. The van der Waals surface area contributed by atoms with E-state index in [9.17, 15) is 9.59 Å². The summed E-state index contributed by atoms with van der Waals surface area (Å²) in [5, 5.41) is 8.48. The molecule has 1 aromatic rings. The number of hydrogen-bond donors (Lipinski definition) is 3. The minimum absolute atomic E-state index is 0.0853. The van der Waals surface area contributed by atoms with Crippen molar-refractivity contribution in [1.29, 1.82) is 0 Å². The molecule has 0 spiro atoms. The second kappa shape index (κ2) is 6.88. The zero-order valence-corrected chi connectivity index (χ0v) is 12.4. The van der Waals surface area contributed by atoms with Crippen LogP contribution in [0.4, 0.5) is 5.69 Å². The second-order valence-electron chi connectivity index (χ2n) is 5.48. The summed E-state index contributed by atoms with van der Waals surface area (Å²) < 4.78 is 0. The molecule has 2 amide bonds. The van der Waals surface area contributed by atoms with E-state index in [2.05, 4.69) is 20.9 Å². The molecule has 0 aliphatic rings. The molecule has 0 aliphatic heterocycles. The molecule has 110 valence electrons. The molecule has 0 saturated heterocycles. The van der Waals surface area contributed by atoms with Crippen LogP contribution in [0.2, 0.25) is 0 Å². The van der Waals surface area contributed by atoms with Crippen LogP contribution in [-0.4, -0.2) is 35.9 Å². The maximum Gasteiger partial charge on any atom is 0.254 e. The molecule has 0 bridgehead atoms. The lowest BCUT2D eigenvalue weighted by molar-refractivity contribution is -0.122. The van der Waals surface area contributed by atoms with Crippen molar-refractivity contribution in [2.75, 3.05) is 18.9 Å². The van der Waals surface area contributed by atoms with E-state index < -0.39 is 0 Å². The highest BCUT2D eigenvalue weighted by atomic mass is 16.2. The fourth-order valence-corrected chi connectivity index (χ4v) is 1.66. The zero-order chi connectivity index (χ0) is 15.2. The minimum Gasteiger partial charge on any atom is -0.387 e. The largest absolute Gasteiger partial charge is 0.387 e. The van der Waals surface area contributed by atoms with Crippen LogP contribution < -0.4 is 16.0 Å². The molecule has 0 saturated carbocycles. The molecule has 0 fully saturated rings. The third-order valence-corrected chi connectivity index (χ3v) is 2.49. The molecular weight excluding hydrogens is 256 g/mol. The number of nitrogens with zero attached hydrogens (tertiary/aromatic N) is 1. The summed E-state index contributed by atoms with van der Waals surface area (Å²) in [5.74, 6) is -0.330. The average Bonchev–Trinajstić information content (AvgIpc) is 2.36. The first-order valence-corrected chi connectivity index (χ1v) is 6.54. The van der Waals surface area contributed by atoms with Crippen molar-refractivity contribution in [2.45, 2.75) is 32.7 Å². The van der Waals surface area contributed by atoms with Gasteiger partial charge in [-0.3, -0.25) is 14.6 Å². The Balaban J connectivity index is 2.46. The lowest BCUT2D eigenvalue weighted by Gasteiger charge is -2.20. The second-order valence-corrected chi connectivity index (χ2v) is 5.48. The number of aromatic nitrogens is 1. The van der Waals surface area contributed by atoms with Crippen LogP contribution in [0, 0.1) is 0 Å². The number of carbonyl (C=O) groups excluding carboxylic acids is 2. The van der Waals surface area contributed by atoms with Crippen LogP contribution in [0.5, 0.6) is 0 Å². The quantitative estimate of drug-likeness (QED) is 0.754. The Morgan fingerprint density at radius 1 is 1.30 bits per heavy atom. The van der Waals surface area contributed by atoms with Gasteiger partial charge in [0, 0.05) is 43.6 Å². The molecular formula is C14H22N4O2. The Morgan fingerprint density at radius 2 is 2.00 bits per heavy atom. The molecule has 0 aromatic carbocycles. The van der Waals surface area contributed by atoms with Crippen molar-refractivity contribution in [3.05, 3.63) is 24.0 Å². The Kier molecular flexibility index (Phi) is 5.49. The molecule has 3 N–H and O–H groups in total. The smallest absolute Gasteiger partial charge is 0.254 e. The van der Waals surface area contributed by atoms with Gasteiger partial charge in [0.1, 0.15) is 0 Å². The first kappa shape index (κ1) is 15.9. The maximum absolute atomic E-state index is 12.0. The third-order valence-electron chi connectivity index (χ3n) is 2.49. The van der Waals surface area contributed by atoms with Crippen molar-refractivity contribution < 1.29 is 9.59 Å². The highest BCUT2D eigenvalue weighted by Crippen LogP contribution is 2.11. The van der Waals surface area contributed by atoms with E-state index in [1.165, 1.54) is 6.20 Å². The van der Waals surface area contributed by atoms with E-state index in [4.69, 9.17) is 0 Å². The molecule has 1 rings (SSSR count). The van der Waals surface area contributed by atoms with Gasteiger partial charge in [0.15, 0.2) is 0 Å². The van der Waals surface area contributed by atoms with Gasteiger partial charge < -0.3 is 16.0 Å². The molecule has 0 aliphatic carbocycles. The van der Waals surface area contributed by atoms with Crippen LogP contribution in [0.25, 0.3) is 0 Å². The Hall–Kier alpha value is -2.11. The van der Waals surface area contributed by atoms with Crippen LogP contribution in [-0.2, 0) is 4.79 Å². The molecule has 1 aromatic heterocycles. The topological polar surface area (TPSA) is 83.1 Å². The van der Waals surface area contributed by atoms with E-state index in [1.54, 1.807) is 19.3 Å². The summed E-state index contributed by atoms with van der Waals surface area (Å²) in [6.07, 6.45) is 3.36. The van der Waals surface area contributed by atoms with Gasteiger partial charge in [-0.1, -0.05) is 0 Å². The predicted octanol–water partition coefficient (Wildman–Crippen LogP) is 1.16. The number of amides is 2. The number of anilines is 1. The molecule has 6 heteroatoms. The first-order valence-electron chi connectivity index (χ1n) is 6.54. The van der Waals surface area contributed by atoms with Gasteiger partial charge in [-0.05, 0) is 26.8 Å². The predicted molar refractivity (Wildman–Crippen MR) is 78.6 cm³/mol. The van der Waals surface area contributed by atoms with Crippen molar-refractivity contribution in [2.24, 2.45) is 0 Å². The van der Waals surface area contributed by atoms with Crippen LogP contribution >= 0.6 is 0 Å². The van der Waals surface area contributed by atoms with Crippen molar-refractivity contribution in [3.8, 4) is 0 Å². The summed E-state index contributed by atoms with van der Waals surface area (Å²) in [5.41, 5.74) is 0.909. The molecule has 0 unspecified atom stereocenters. The number of pyridine rings is 1. The molecule has 6 nitrogen and oxygen atoms in total.